The van der Waals surface area contributed by atoms with E-state index in [1.54, 1.807) is 6.92 Å². The summed E-state index contributed by atoms with van der Waals surface area (Å²) in [5, 5.41) is 18.6. The number of carbonyl (C=O) groups excluding carboxylic acids is 1. The van der Waals surface area contributed by atoms with Crippen LogP contribution in [0.15, 0.2) is 11.3 Å². The summed E-state index contributed by atoms with van der Waals surface area (Å²) in [6.07, 6.45) is 0. The number of nitro groups is 1. The molecule has 0 unspecified atom stereocenters. The molecule has 0 radical (unpaired) electrons. The largest absolute Gasteiger partial charge is 0.462 e. The lowest BCUT2D eigenvalue weighted by atomic mass is 10.2. The molecule has 0 spiro atoms. The van der Waals surface area contributed by atoms with Crippen LogP contribution in [0.1, 0.15) is 13.8 Å². The number of rotatable bonds is 3. The van der Waals surface area contributed by atoms with Crippen LogP contribution < -0.4 is 0 Å². The maximum atomic E-state index is 10.9. The minimum atomic E-state index is -0.959. The fraction of sp³-hybridized carbons (Fsp3) is 0.429. The zero-order valence-electron chi connectivity index (χ0n) is 7.23. The monoisotopic (exact) mass is 184 g/mol. The molecule has 0 amide bonds. The fourth-order valence-corrected chi connectivity index (χ4v) is 0.569. The van der Waals surface area contributed by atoms with Gasteiger partial charge in [0.1, 0.15) is 6.07 Å². The highest BCUT2D eigenvalue weighted by Crippen LogP contribution is 2.05. The van der Waals surface area contributed by atoms with Crippen molar-refractivity contribution >= 4 is 5.97 Å². The molecule has 0 aliphatic carbocycles. The predicted molar refractivity (Wildman–Crippen MR) is 41.9 cm³/mol. The summed E-state index contributed by atoms with van der Waals surface area (Å²) in [6, 6.07) is 1.43. The second-order valence-corrected chi connectivity index (χ2v) is 2.05. The van der Waals surface area contributed by atoms with Crippen molar-refractivity contribution in [2.75, 3.05) is 6.61 Å². The van der Waals surface area contributed by atoms with E-state index in [1.165, 1.54) is 6.07 Å². The number of esters is 1. The third-order valence-corrected chi connectivity index (χ3v) is 1.23. The molecule has 0 aliphatic heterocycles. The Bertz CT molecular complexity index is 300. The normalized spacial score (nSPS) is 11.2. The first-order valence-corrected chi connectivity index (χ1v) is 3.47. The molecule has 0 fully saturated rings. The van der Waals surface area contributed by atoms with Gasteiger partial charge >= 0.3 is 5.97 Å². The average Bonchev–Trinajstić information content (AvgIpc) is 2.05. The molecule has 0 heterocycles. The van der Waals surface area contributed by atoms with Crippen molar-refractivity contribution in [2.45, 2.75) is 13.8 Å². The van der Waals surface area contributed by atoms with Crippen LogP contribution in [0.3, 0.4) is 0 Å². The molecule has 6 heteroatoms. The van der Waals surface area contributed by atoms with E-state index < -0.39 is 22.2 Å². The molecule has 0 aromatic rings. The molecule has 0 aliphatic rings. The Kier molecular flexibility index (Phi) is 4.16. The molecular formula is C7H8N2O4. The van der Waals surface area contributed by atoms with Crippen LogP contribution in [0, 0.1) is 21.4 Å². The molecule has 6 nitrogen and oxygen atoms in total. The molecule has 70 valence electrons. The maximum Gasteiger partial charge on any atom is 0.355 e. The summed E-state index contributed by atoms with van der Waals surface area (Å²) < 4.78 is 4.44. The van der Waals surface area contributed by atoms with E-state index in [0.29, 0.717) is 0 Å². The Hall–Kier alpha value is -1.90. The third-order valence-electron chi connectivity index (χ3n) is 1.23. The molecule has 0 saturated heterocycles. The number of ether oxygens (including phenoxy) is 1. The highest BCUT2D eigenvalue weighted by molar-refractivity contribution is 5.93. The van der Waals surface area contributed by atoms with Gasteiger partial charge in [0.15, 0.2) is 0 Å². The minimum absolute atomic E-state index is 0.0784. The zero-order valence-corrected chi connectivity index (χ0v) is 7.23. The standard InChI is InChI=1S/C7H8N2O4/c1-3-13-7(10)6(4-8)5(2)9(11)12/h3H2,1-2H3/b6-5+. The zero-order chi connectivity index (χ0) is 10.4. The Morgan fingerprint density at radius 1 is 1.69 bits per heavy atom. The van der Waals surface area contributed by atoms with E-state index in [-0.39, 0.29) is 6.61 Å². The van der Waals surface area contributed by atoms with Gasteiger partial charge in [0, 0.05) is 6.92 Å². The van der Waals surface area contributed by atoms with E-state index in [4.69, 9.17) is 5.26 Å². The summed E-state index contributed by atoms with van der Waals surface area (Å²) in [7, 11) is 0. The van der Waals surface area contributed by atoms with Gasteiger partial charge in [-0.15, -0.1) is 0 Å². The maximum absolute atomic E-state index is 10.9. The van der Waals surface area contributed by atoms with Crippen molar-refractivity contribution in [3.05, 3.63) is 21.4 Å². The molecule has 0 N–H and O–H groups in total. The fourth-order valence-electron chi connectivity index (χ4n) is 0.569. The lowest BCUT2D eigenvalue weighted by molar-refractivity contribution is -0.425. The lowest BCUT2D eigenvalue weighted by Gasteiger charge is -1.98. The van der Waals surface area contributed by atoms with Gasteiger partial charge in [0.25, 0.3) is 5.70 Å². The highest BCUT2D eigenvalue weighted by Gasteiger charge is 2.21. The SMILES string of the molecule is CCOC(=O)/C(C#N)=C(\C)[N+](=O)[O-]. The van der Waals surface area contributed by atoms with Crippen molar-refractivity contribution < 1.29 is 14.5 Å². The van der Waals surface area contributed by atoms with E-state index in [0.717, 1.165) is 6.92 Å². The van der Waals surface area contributed by atoms with Gasteiger partial charge < -0.3 is 4.74 Å². The van der Waals surface area contributed by atoms with E-state index in [1.807, 2.05) is 0 Å². The van der Waals surface area contributed by atoms with E-state index in [9.17, 15) is 14.9 Å². The number of carbonyl (C=O) groups is 1. The van der Waals surface area contributed by atoms with Crippen LogP contribution in [-0.2, 0) is 9.53 Å². The minimum Gasteiger partial charge on any atom is -0.462 e. The van der Waals surface area contributed by atoms with Crippen LogP contribution in [0.25, 0.3) is 0 Å². The first-order chi connectivity index (χ1) is 6.04. The number of nitrogens with zero attached hydrogens (tertiary/aromatic N) is 2. The van der Waals surface area contributed by atoms with E-state index >= 15 is 0 Å². The van der Waals surface area contributed by atoms with Crippen LogP contribution in [0.2, 0.25) is 0 Å². The number of hydrogen-bond donors (Lipinski definition) is 0. The Balaban J connectivity index is 4.91. The molecule has 0 aromatic carbocycles. The molecule has 0 bridgehead atoms. The lowest BCUT2D eigenvalue weighted by Crippen LogP contribution is -2.11. The quantitative estimate of drug-likeness (QED) is 0.211. The van der Waals surface area contributed by atoms with Gasteiger partial charge in [-0.3, -0.25) is 10.1 Å². The molecular weight excluding hydrogens is 176 g/mol. The van der Waals surface area contributed by atoms with Crippen molar-refractivity contribution in [2.24, 2.45) is 0 Å². The Labute approximate surface area is 74.6 Å². The highest BCUT2D eigenvalue weighted by atomic mass is 16.6. The van der Waals surface area contributed by atoms with Gasteiger partial charge in [0.2, 0.25) is 5.57 Å². The summed E-state index contributed by atoms with van der Waals surface area (Å²) >= 11 is 0. The van der Waals surface area contributed by atoms with Crippen molar-refractivity contribution in [3.8, 4) is 6.07 Å². The average molecular weight is 184 g/mol. The summed E-state index contributed by atoms with van der Waals surface area (Å²) in [5.41, 5.74) is -1.06. The first-order valence-electron chi connectivity index (χ1n) is 3.47. The number of nitriles is 1. The second-order valence-electron chi connectivity index (χ2n) is 2.05. The Morgan fingerprint density at radius 2 is 2.23 bits per heavy atom. The van der Waals surface area contributed by atoms with Gasteiger partial charge in [-0.1, -0.05) is 0 Å². The van der Waals surface area contributed by atoms with E-state index in [2.05, 4.69) is 4.74 Å². The van der Waals surface area contributed by atoms with Crippen molar-refractivity contribution in [1.29, 1.82) is 5.26 Å². The number of hydrogen-bond acceptors (Lipinski definition) is 5. The first kappa shape index (κ1) is 11.1. The van der Waals surface area contributed by atoms with Gasteiger partial charge in [-0.05, 0) is 6.92 Å². The second kappa shape index (κ2) is 4.87. The predicted octanol–water partition coefficient (Wildman–Crippen LogP) is 0.624. The smallest absolute Gasteiger partial charge is 0.355 e. The molecule has 0 atom stereocenters. The summed E-state index contributed by atoms with van der Waals surface area (Å²) in [6.45, 7) is 2.71. The summed E-state index contributed by atoms with van der Waals surface area (Å²) in [5.74, 6) is -0.959. The molecule has 0 rings (SSSR count). The van der Waals surface area contributed by atoms with Crippen LogP contribution in [0.5, 0.6) is 0 Å². The van der Waals surface area contributed by atoms with Gasteiger partial charge in [-0.2, -0.15) is 5.26 Å². The van der Waals surface area contributed by atoms with Crippen LogP contribution in [0.4, 0.5) is 0 Å². The molecule has 0 aromatic heterocycles. The topological polar surface area (TPSA) is 93.2 Å². The van der Waals surface area contributed by atoms with Crippen LogP contribution >= 0.6 is 0 Å². The van der Waals surface area contributed by atoms with Gasteiger partial charge in [-0.25, -0.2) is 4.79 Å². The van der Waals surface area contributed by atoms with Crippen LogP contribution in [-0.4, -0.2) is 17.5 Å². The molecule has 13 heavy (non-hydrogen) atoms. The summed E-state index contributed by atoms with van der Waals surface area (Å²) in [4.78, 5) is 20.3. The third kappa shape index (κ3) is 2.91. The van der Waals surface area contributed by atoms with Crippen molar-refractivity contribution in [3.63, 3.8) is 0 Å². The molecule has 0 saturated carbocycles. The number of allylic oxidation sites excluding steroid dienone is 1. The Morgan fingerprint density at radius 3 is 2.54 bits per heavy atom. The van der Waals surface area contributed by atoms with Gasteiger partial charge in [0.05, 0.1) is 11.5 Å². The van der Waals surface area contributed by atoms with Crippen molar-refractivity contribution in [1.82, 2.24) is 0 Å².